The van der Waals surface area contributed by atoms with Gasteiger partial charge in [-0.2, -0.15) is 4.98 Å². The molecule has 1 aliphatic carbocycles. The zero-order valence-corrected chi connectivity index (χ0v) is 8.63. The molecule has 1 aliphatic rings. The zero-order chi connectivity index (χ0) is 10.7. The highest BCUT2D eigenvalue weighted by Gasteiger charge is 2.07. The van der Waals surface area contributed by atoms with Gasteiger partial charge in [-0.3, -0.25) is 0 Å². The molecular formula is C10H9ClFN3. The smallest absolute Gasteiger partial charge is 0.224 e. The molecule has 0 radical (unpaired) electrons. The number of halogens is 2. The van der Waals surface area contributed by atoms with Gasteiger partial charge in [0.05, 0.1) is 6.20 Å². The Kier molecular flexibility index (Phi) is 2.97. The van der Waals surface area contributed by atoms with Gasteiger partial charge in [-0.25, -0.2) is 9.37 Å². The predicted molar refractivity (Wildman–Crippen MR) is 57.1 cm³/mol. The molecule has 1 heterocycles. The van der Waals surface area contributed by atoms with Crippen molar-refractivity contribution in [3.8, 4) is 0 Å². The van der Waals surface area contributed by atoms with Gasteiger partial charge in [-0.05, 0) is 30.5 Å². The van der Waals surface area contributed by atoms with Crippen LogP contribution in [-0.4, -0.2) is 9.97 Å². The summed E-state index contributed by atoms with van der Waals surface area (Å²) in [5.41, 5.74) is 0.829. The van der Waals surface area contributed by atoms with Gasteiger partial charge in [0.15, 0.2) is 11.6 Å². The van der Waals surface area contributed by atoms with Crippen LogP contribution in [0.3, 0.4) is 0 Å². The quantitative estimate of drug-likeness (QED) is 0.787. The Labute approximate surface area is 91.7 Å². The summed E-state index contributed by atoms with van der Waals surface area (Å²) >= 11 is 5.57. The molecule has 1 aromatic heterocycles. The molecule has 15 heavy (non-hydrogen) atoms. The first-order valence-electron chi connectivity index (χ1n) is 4.57. The summed E-state index contributed by atoms with van der Waals surface area (Å²) < 4.78 is 13.2. The van der Waals surface area contributed by atoms with Crippen LogP contribution in [0.1, 0.15) is 12.8 Å². The van der Waals surface area contributed by atoms with E-state index < -0.39 is 5.82 Å². The van der Waals surface area contributed by atoms with E-state index in [4.69, 9.17) is 11.6 Å². The van der Waals surface area contributed by atoms with E-state index in [1.165, 1.54) is 0 Å². The Morgan fingerprint density at radius 2 is 2.27 bits per heavy atom. The number of rotatable bonds is 2. The second-order valence-electron chi connectivity index (χ2n) is 3.10. The van der Waals surface area contributed by atoms with Gasteiger partial charge >= 0.3 is 0 Å². The summed E-state index contributed by atoms with van der Waals surface area (Å²) in [5.74, 6) is -0.410. The van der Waals surface area contributed by atoms with E-state index in [-0.39, 0.29) is 11.1 Å². The van der Waals surface area contributed by atoms with Gasteiger partial charge in [-0.1, -0.05) is 12.2 Å². The highest BCUT2D eigenvalue weighted by molar-refractivity contribution is 6.28. The normalized spacial score (nSPS) is 14.9. The second kappa shape index (κ2) is 4.40. The molecule has 2 rings (SSSR count). The molecule has 0 atom stereocenters. The third-order valence-corrected chi connectivity index (χ3v) is 2.15. The van der Waals surface area contributed by atoms with Crippen LogP contribution in [0.15, 0.2) is 30.1 Å². The molecule has 0 saturated heterocycles. The summed E-state index contributed by atoms with van der Waals surface area (Å²) in [5, 5.41) is 2.88. The standard InChI is InChI=1S/C10H9ClFN3/c11-10-13-6-8(12)9(15-10)14-7-4-2-1-3-5-7/h2,4-6H,1,3H2,(H,13,14,15). The lowest BCUT2D eigenvalue weighted by Gasteiger charge is -2.09. The fourth-order valence-corrected chi connectivity index (χ4v) is 1.41. The molecule has 1 aromatic rings. The third-order valence-electron chi connectivity index (χ3n) is 1.97. The van der Waals surface area contributed by atoms with E-state index in [1.807, 2.05) is 18.2 Å². The molecule has 0 bridgehead atoms. The number of hydrogen-bond acceptors (Lipinski definition) is 3. The molecule has 3 nitrogen and oxygen atoms in total. The molecule has 0 aliphatic heterocycles. The van der Waals surface area contributed by atoms with Gasteiger partial charge < -0.3 is 5.32 Å². The first-order valence-corrected chi connectivity index (χ1v) is 4.95. The summed E-state index contributed by atoms with van der Waals surface area (Å²) in [4.78, 5) is 7.29. The highest BCUT2D eigenvalue weighted by Crippen LogP contribution is 2.17. The molecule has 78 valence electrons. The van der Waals surface area contributed by atoms with Gasteiger partial charge in [0.1, 0.15) is 0 Å². The van der Waals surface area contributed by atoms with Crippen LogP contribution < -0.4 is 5.32 Å². The number of allylic oxidation sites excluding steroid dienone is 3. The minimum atomic E-state index is -0.515. The predicted octanol–water partition coefficient (Wildman–Crippen LogP) is 2.91. The van der Waals surface area contributed by atoms with Crippen LogP contribution in [0, 0.1) is 5.82 Å². The van der Waals surface area contributed by atoms with Crippen molar-refractivity contribution < 1.29 is 4.39 Å². The Balaban J connectivity index is 2.20. The molecule has 0 aromatic carbocycles. The largest absolute Gasteiger partial charge is 0.338 e. The van der Waals surface area contributed by atoms with E-state index in [2.05, 4.69) is 15.3 Å². The van der Waals surface area contributed by atoms with E-state index in [0.29, 0.717) is 0 Å². The molecule has 0 unspecified atom stereocenters. The fourth-order valence-electron chi connectivity index (χ4n) is 1.28. The van der Waals surface area contributed by atoms with Crippen LogP contribution in [-0.2, 0) is 0 Å². The second-order valence-corrected chi connectivity index (χ2v) is 3.44. The van der Waals surface area contributed by atoms with Crippen LogP contribution in [0.25, 0.3) is 0 Å². The van der Waals surface area contributed by atoms with Crippen molar-refractivity contribution in [1.29, 1.82) is 0 Å². The Morgan fingerprint density at radius 1 is 1.40 bits per heavy atom. The van der Waals surface area contributed by atoms with Crippen LogP contribution >= 0.6 is 11.6 Å². The first kappa shape index (κ1) is 10.1. The number of nitrogens with zero attached hydrogens (tertiary/aromatic N) is 2. The van der Waals surface area contributed by atoms with E-state index >= 15 is 0 Å². The van der Waals surface area contributed by atoms with Crippen LogP contribution in [0.2, 0.25) is 5.28 Å². The lowest BCUT2D eigenvalue weighted by atomic mass is 10.1. The van der Waals surface area contributed by atoms with Crippen molar-refractivity contribution in [2.45, 2.75) is 12.8 Å². The molecule has 0 fully saturated rings. The molecular weight excluding hydrogens is 217 g/mol. The average Bonchev–Trinajstić information content (AvgIpc) is 2.25. The number of anilines is 1. The van der Waals surface area contributed by atoms with Crippen LogP contribution in [0.5, 0.6) is 0 Å². The average molecular weight is 226 g/mol. The lowest BCUT2D eigenvalue weighted by Crippen LogP contribution is -2.04. The summed E-state index contributed by atoms with van der Waals surface area (Å²) in [6.07, 6.45) is 8.89. The SMILES string of the molecule is Fc1cnc(Cl)nc1NC1=CCCC=C1. The summed E-state index contributed by atoms with van der Waals surface area (Å²) in [7, 11) is 0. The highest BCUT2D eigenvalue weighted by atomic mass is 35.5. The molecule has 0 saturated carbocycles. The van der Waals surface area contributed by atoms with Crippen molar-refractivity contribution in [3.63, 3.8) is 0 Å². The maximum atomic E-state index is 13.2. The summed E-state index contributed by atoms with van der Waals surface area (Å²) in [6, 6.07) is 0. The number of aromatic nitrogens is 2. The van der Waals surface area contributed by atoms with Gasteiger partial charge in [0.2, 0.25) is 5.28 Å². The van der Waals surface area contributed by atoms with E-state index in [0.717, 1.165) is 24.7 Å². The maximum Gasteiger partial charge on any atom is 0.224 e. The fraction of sp³-hybridized carbons (Fsp3) is 0.200. The first-order chi connectivity index (χ1) is 7.25. The van der Waals surface area contributed by atoms with Crippen LogP contribution in [0.4, 0.5) is 10.2 Å². The number of nitrogens with one attached hydrogen (secondary N) is 1. The minimum absolute atomic E-state index is 0.0271. The molecule has 5 heteroatoms. The van der Waals surface area contributed by atoms with Crippen molar-refractivity contribution in [2.24, 2.45) is 0 Å². The Morgan fingerprint density at radius 3 is 3.00 bits per heavy atom. The Hall–Kier alpha value is -1.42. The third kappa shape index (κ3) is 2.53. The van der Waals surface area contributed by atoms with E-state index in [1.54, 1.807) is 0 Å². The van der Waals surface area contributed by atoms with Gasteiger partial charge in [-0.15, -0.1) is 0 Å². The zero-order valence-electron chi connectivity index (χ0n) is 7.87. The van der Waals surface area contributed by atoms with Crippen molar-refractivity contribution >= 4 is 17.4 Å². The molecule has 0 spiro atoms. The van der Waals surface area contributed by atoms with E-state index in [9.17, 15) is 4.39 Å². The topological polar surface area (TPSA) is 37.8 Å². The van der Waals surface area contributed by atoms with Crippen molar-refractivity contribution in [2.75, 3.05) is 5.32 Å². The van der Waals surface area contributed by atoms with Crippen molar-refractivity contribution in [1.82, 2.24) is 9.97 Å². The van der Waals surface area contributed by atoms with Gasteiger partial charge in [0, 0.05) is 5.70 Å². The minimum Gasteiger partial charge on any atom is -0.338 e. The van der Waals surface area contributed by atoms with Gasteiger partial charge in [0.25, 0.3) is 0 Å². The molecule has 1 N–H and O–H groups in total. The maximum absolute atomic E-state index is 13.2. The summed E-state index contributed by atoms with van der Waals surface area (Å²) in [6.45, 7) is 0. The monoisotopic (exact) mass is 225 g/mol. The van der Waals surface area contributed by atoms with Crippen molar-refractivity contribution in [3.05, 3.63) is 41.2 Å². The molecule has 0 amide bonds. The number of hydrogen-bond donors (Lipinski definition) is 1. The lowest BCUT2D eigenvalue weighted by molar-refractivity contribution is 0.618. The Bertz CT molecular complexity index is 429.